The maximum Gasteiger partial charge on any atom is 0.230 e. The first-order valence-electron chi connectivity index (χ1n) is 9.42. The van der Waals surface area contributed by atoms with Gasteiger partial charge in [-0.3, -0.25) is 9.36 Å². The van der Waals surface area contributed by atoms with Crippen molar-refractivity contribution in [2.24, 2.45) is 0 Å². The summed E-state index contributed by atoms with van der Waals surface area (Å²) >= 11 is 1.28. The summed E-state index contributed by atoms with van der Waals surface area (Å²) in [6, 6.07) is 14.2. The van der Waals surface area contributed by atoms with Gasteiger partial charge in [-0.25, -0.2) is 4.39 Å². The molecule has 1 N–H and O–H groups in total. The van der Waals surface area contributed by atoms with Gasteiger partial charge in [-0.05, 0) is 24.6 Å². The second-order valence-corrected chi connectivity index (χ2v) is 7.51. The standard InChI is InChI=1S/C22H23FN4O2S/c1-3-12-27-20(14-29-19-7-5-4-6-18(19)23)25-26-22(27)30-15-21(28)24-13-17-10-8-16(2)9-11-17/h3-11H,1,12-15H2,2H3,(H,24,28). The molecule has 0 spiro atoms. The van der Waals surface area contributed by atoms with Gasteiger partial charge in [0.1, 0.15) is 6.61 Å². The fourth-order valence-corrected chi connectivity index (χ4v) is 3.43. The number of nitrogens with zero attached hydrogens (tertiary/aromatic N) is 3. The molecule has 1 aromatic heterocycles. The summed E-state index contributed by atoms with van der Waals surface area (Å²) in [7, 11) is 0. The number of para-hydroxylation sites is 1. The number of rotatable bonds is 10. The highest BCUT2D eigenvalue weighted by Crippen LogP contribution is 2.20. The molecule has 0 unspecified atom stereocenters. The molecule has 2 aromatic carbocycles. The van der Waals surface area contributed by atoms with Crippen molar-refractivity contribution < 1.29 is 13.9 Å². The number of nitrogens with one attached hydrogen (secondary N) is 1. The minimum atomic E-state index is -0.438. The third kappa shape index (κ3) is 5.93. The Kier molecular flexibility index (Phi) is 7.62. The van der Waals surface area contributed by atoms with E-state index in [1.165, 1.54) is 23.4 Å². The highest BCUT2D eigenvalue weighted by Gasteiger charge is 2.14. The Hall–Kier alpha value is -3.13. The van der Waals surface area contributed by atoms with Crippen LogP contribution in [0.1, 0.15) is 17.0 Å². The first-order chi connectivity index (χ1) is 14.6. The lowest BCUT2D eigenvalue weighted by Crippen LogP contribution is -2.24. The van der Waals surface area contributed by atoms with Gasteiger partial charge < -0.3 is 10.1 Å². The van der Waals surface area contributed by atoms with Gasteiger partial charge in [0.05, 0.1) is 5.75 Å². The van der Waals surface area contributed by atoms with Crippen LogP contribution in [0.15, 0.2) is 66.3 Å². The van der Waals surface area contributed by atoms with Crippen molar-refractivity contribution >= 4 is 17.7 Å². The number of carbonyl (C=O) groups is 1. The van der Waals surface area contributed by atoms with Crippen molar-refractivity contribution in [3.8, 4) is 5.75 Å². The van der Waals surface area contributed by atoms with Crippen molar-refractivity contribution in [3.63, 3.8) is 0 Å². The molecule has 3 aromatic rings. The molecule has 0 aliphatic heterocycles. The Morgan fingerprint density at radius 3 is 2.73 bits per heavy atom. The maximum atomic E-state index is 13.7. The Labute approximate surface area is 179 Å². The highest BCUT2D eigenvalue weighted by molar-refractivity contribution is 7.99. The number of hydrogen-bond donors (Lipinski definition) is 1. The van der Waals surface area contributed by atoms with Crippen LogP contribution < -0.4 is 10.1 Å². The number of amides is 1. The van der Waals surface area contributed by atoms with E-state index in [0.29, 0.717) is 24.1 Å². The van der Waals surface area contributed by atoms with Gasteiger partial charge >= 0.3 is 0 Å². The summed E-state index contributed by atoms with van der Waals surface area (Å²) < 4.78 is 21.1. The number of ether oxygens (including phenoxy) is 1. The molecule has 0 fully saturated rings. The minimum absolute atomic E-state index is 0.0575. The fourth-order valence-electron chi connectivity index (χ4n) is 2.64. The Morgan fingerprint density at radius 2 is 2.00 bits per heavy atom. The van der Waals surface area contributed by atoms with E-state index in [4.69, 9.17) is 4.74 Å². The van der Waals surface area contributed by atoms with E-state index >= 15 is 0 Å². The smallest absolute Gasteiger partial charge is 0.230 e. The Morgan fingerprint density at radius 1 is 1.23 bits per heavy atom. The summed E-state index contributed by atoms with van der Waals surface area (Å²) in [5, 5.41) is 11.7. The van der Waals surface area contributed by atoms with Crippen LogP contribution in [-0.4, -0.2) is 26.4 Å². The maximum absolute atomic E-state index is 13.7. The molecule has 0 aliphatic carbocycles. The number of aryl methyl sites for hydroxylation is 1. The molecular formula is C22H23FN4O2S. The van der Waals surface area contributed by atoms with Crippen LogP contribution in [0.2, 0.25) is 0 Å². The van der Waals surface area contributed by atoms with Gasteiger partial charge in [-0.15, -0.1) is 16.8 Å². The van der Waals surface area contributed by atoms with Gasteiger partial charge in [-0.1, -0.05) is 59.8 Å². The van der Waals surface area contributed by atoms with E-state index in [9.17, 15) is 9.18 Å². The predicted molar refractivity (Wildman–Crippen MR) is 115 cm³/mol. The lowest BCUT2D eigenvalue weighted by molar-refractivity contribution is -0.118. The number of thioether (sulfide) groups is 1. The van der Waals surface area contributed by atoms with Crippen molar-refractivity contribution in [2.75, 3.05) is 5.75 Å². The molecule has 1 heterocycles. The van der Waals surface area contributed by atoms with E-state index in [1.807, 2.05) is 31.2 Å². The average molecular weight is 427 g/mol. The van der Waals surface area contributed by atoms with E-state index < -0.39 is 5.82 Å². The van der Waals surface area contributed by atoms with Gasteiger partial charge in [0.15, 0.2) is 22.5 Å². The van der Waals surface area contributed by atoms with Crippen LogP contribution in [-0.2, 0) is 24.5 Å². The molecule has 156 valence electrons. The summed E-state index contributed by atoms with van der Waals surface area (Å²) in [5.74, 6) is 0.344. The lowest BCUT2D eigenvalue weighted by atomic mass is 10.1. The normalized spacial score (nSPS) is 10.6. The second kappa shape index (κ2) is 10.6. The van der Waals surface area contributed by atoms with E-state index in [-0.39, 0.29) is 24.0 Å². The van der Waals surface area contributed by atoms with Gasteiger partial charge in [0, 0.05) is 13.1 Å². The zero-order valence-electron chi connectivity index (χ0n) is 16.7. The van der Waals surface area contributed by atoms with E-state index in [1.54, 1.807) is 28.8 Å². The van der Waals surface area contributed by atoms with Gasteiger partial charge in [0.2, 0.25) is 5.91 Å². The lowest BCUT2D eigenvalue weighted by Gasteiger charge is -2.10. The van der Waals surface area contributed by atoms with Crippen LogP contribution in [0.5, 0.6) is 5.75 Å². The number of allylic oxidation sites excluding steroid dienone is 1. The zero-order valence-corrected chi connectivity index (χ0v) is 17.5. The fraction of sp³-hybridized carbons (Fsp3) is 0.227. The van der Waals surface area contributed by atoms with E-state index in [0.717, 1.165) is 5.56 Å². The largest absolute Gasteiger partial charge is 0.483 e. The minimum Gasteiger partial charge on any atom is -0.483 e. The monoisotopic (exact) mass is 426 g/mol. The number of halogens is 1. The van der Waals surface area contributed by atoms with Crippen molar-refractivity contribution in [1.82, 2.24) is 20.1 Å². The Bertz CT molecular complexity index is 1000. The topological polar surface area (TPSA) is 69.0 Å². The van der Waals surface area contributed by atoms with Crippen LogP contribution in [0, 0.1) is 12.7 Å². The molecule has 6 nitrogen and oxygen atoms in total. The summed E-state index contributed by atoms with van der Waals surface area (Å²) in [5.41, 5.74) is 2.22. The second-order valence-electron chi connectivity index (χ2n) is 6.57. The molecule has 1 amide bonds. The first kappa shape index (κ1) is 21.6. The molecule has 3 rings (SSSR count). The number of benzene rings is 2. The SMILES string of the molecule is C=CCn1c(COc2ccccc2F)nnc1SCC(=O)NCc1ccc(C)cc1. The summed E-state index contributed by atoms with van der Waals surface area (Å²) in [6.45, 7) is 6.76. The predicted octanol–water partition coefficient (Wildman–Crippen LogP) is 3.90. The summed E-state index contributed by atoms with van der Waals surface area (Å²) in [4.78, 5) is 12.2. The zero-order chi connectivity index (χ0) is 21.3. The molecule has 0 atom stereocenters. The molecule has 0 saturated heterocycles. The molecule has 0 saturated carbocycles. The van der Waals surface area contributed by atoms with Crippen LogP contribution in [0.25, 0.3) is 0 Å². The van der Waals surface area contributed by atoms with Crippen molar-refractivity contribution in [1.29, 1.82) is 0 Å². The molecule has 0 aliphatic rings. The van der Waals surface area contributed by atoms with Crippen molar-refractivity contribution in [2.45, 2.75) is 31.8 Å². The molecule has 0 radical (unpaired) electrons. The third-order valence-electron chi connectivity index (χ3n) is 4.24. The first-order valence-corrected chi connectivity index (χ1v) is 10.4. The molecule has 30 heavy (non-hydrogen) atoms. The quantitative estimate of drug-likeness (QED) is 0.393. The molecular weight excluding hydrogens is 403 g/mol. The van der Waals surface area contributed by atoms with Crippen LogP contribution >= 0.6 is 11.8 Å². The highest BCUT2D eigenvalue weighted by atomic mass is 32.2. The van der Waals surface area contributed by atoms with E-state index in [2.05, 4.69) is 22.1 Å². The number of carbonyl (C=O) groups excluding carboxylic acids is 1. The molecule has 0 bridgehead atoms. The van der Waals surface area contributed by atoms with Gasteiger partial charge in [-0.2, -0.15) is 0 Å². The average Bonchev–Trinajstić information content (AvgIpc) is 3.13. The third-order valence-corrected chi connectivity index (χ3v) is 5.21. The summed E-state index contributed by atoms with van der Waals surface area (Å²) in [6.07, 6.45) is 1.71. The Balaban J connectivity index is 1.56. The van der Waals surface area contributed by atoms with Crippen molar-refractivity contribution in [3.05, 3.63) is 84.0 Å². The number of hydrogen-bond acceptors (Lipinski definition) is 5. The number of aromatic nitrogens is 3. The van der Waals surface area contributed by atoms with Crippen LogP contribution in [0.4, 0.5) is 4.39 Å². The molecule has 8 heteroatoms. The van der Waals surface area contributed by atoms with Crippen LogP contribution in [0.3, 0.4) is 0 Å². The van der Waals surface area contributed by atoms with Gasteiger partial charge in [0.25, 0.3) is 0 Å².